The maximum absolute atomic E-state index is 13.8. The quantitative estimate of drug-likeness (QED) is 0.299. The summed E-state index contributed by atoms with van der Waals surface area (Å²) in [6.45, 7) is 2.16. The third-order valence-electron chi connectivity index (χ3n) is 7.73. The summed E-state index contributed by atoms with van der Waals surface area (Å²) in [6, 6.07) is 2.85. The number of carbonyl (C=O) groups excluding carboxylic acids is 1. The summed E-state index contributed by atoms with van der Waals surface area (Å²) in [6.07, 6.45) is 5.87. The van der Waals surface area contributed by atoms with Crippen LogP contribution in [0, 0.1) is 0 Å². The molecule has 0 unspecified atom stereocenters. The fourth-order valence-corrected chi connectivity index (χ4v) is 6.51. The van der Waals surface area contributed by atoms with E-state index in [-0.39, 0.29) is 37.5 Å². The standard InChI is InChI=1S/C28H36F3N5O5S/c1-2-3-4-5-6-7-8-9-23-33-25(38)27(34-23)13-15-35(16-14-27)42(40,41)17-12-20-10-11-21(18-22(20)28(29,30)31)36-24(37)19-32-26(36)39/h10-12,17-19,37H,2-9,13-16H2,1H3,(H,32,39)(H,33,34,38). The minimum absolute atomic E-state index is 0.00491. The number of aromatic nitrogens is 2. The van der Waals surface area contributed by atoms with Crippen molar-refractivity contribution in [3.63, 3.8) is 0 Å². The van der Waals surface area contributed by atoms with Gasteiger partial charge in [0.25, 0.3) is 5.91 Å². The van der Waals surface area contributed by atoms with Gasteiger partial charge in [-0.15, -0.1) is 0 Å². The Kier molecular flexibility index (Phi) is 9.66. The number of aromatic hydroxyl groups is 1. The number of rotatable bonds is 12. The lowest BCUT2D eigenvalue weighted by atomic mass is 9.89. The number of benzene rings is 1. The van der Waals surface area contributed by atoms with Gasteiger partial charge in [0, 0.05) is 24.9 Å². The number of alkyl halides is 3. The number of imidazole rings is 1. The second-order valence-corrected chi connectivity index (χ2v) is 12.5. The average molecular weight is 612 g/mol. The molecule has 1 fully saturated rings. The second-order valence-electron chi connectivity index (χ2n) is 10.7. The molecule has 3 N–H and O–H groups in total. The van der Waals surface area contributed by atoms with E-state index in [0.717, 1.165) is 41.9 Å². The zero-order chi connectivity index (χ0) is 30.5. The first-order valence-corrected chi connectivity index (χ1v) is 15.7. The number of nitrogens with one attached hydrogen (secondary N) is 2. The van der Waals surface area contributed by atoms with Crippen molar-refractivity contribution >= 4 is 27.8 Å². The molecule has 2 aliphatic rings. The molecule has 0 aliphatic carbocycles. The summed E-state index contributed by atoms with van der Waals surface area (Å²) in [7, 11) is -4.11. The number of nitrogens with zero attached hydrogens (tertiary/aromatic N) is 3. The molecule has 3 heterocycles. The molecule has 0 saturated carbocycles. The maximum atomic E-state index is 13.8. The lowest BCUT2D eigenvalue weighted by Crippen LogP contribution is -2.50. The number of hydrogen-bond acceptors (Lipinski definition) is 6. The van der Waals surface area contributed by atoms with Crippen LogP contribution in [0.5, 0.6) is 5.88 Å². The predicted molar refractivity (Wildman–Crippen MR) is 153 cm³/mol. The molecule has 1 saturated heterocycles. The number of halogens is 3. The zero-order valence-corrected chi connectivity index (χ0v) is 24.2. The van der Waals surface area contributed by atoms with Gasteiger partial charge in [-0.25, -0.2) is 17.8 Å². The molecule has 2 aliphatic heterocycles. The van der Waals surface area contributed by atoms with Crippen molar-refractivity contribution in [3.05, 3.63) is 51.4 Å². The average Bonchev–Trinajstić information content (AvgIpc) is 3.43. The van der Waals surface area contributed by atoms with Crippen molar-refractivity contribution in [2.75, 3.05) is 13.1 Å². The number of H-pyrrole nitrogens is 1. The van der Waals surface area contributed by atoms with E-state index in [1.165, 1.54) is 31.7 Å². The molecule has 1 spiro atoms. The summed E-state index contributed by atoms with van der Waals surface area (Å²) in [5.41, 5.74) is -3.70. The molecule has 1 aromatic heterocycles. The molecule has 4 rings (SSSR count). The Morgan fingerprint density at radius 2 is 1.74 bits per heavy atom. The van der Waals surface area contributed by atoms with Crippen molar-refractivity contribution < 1.29 is 31.5 Å². The van der Waals surface area contributed by atoms with Gasteiger partial charge in [0.05, 0.1) is 17.4 Å². The molecule has 10 nitrogen and oxygen atoms in total. The zero-order valence-electron chi connectivity index (χ0n) is 23.4. The Labute approximate surface area is 242 Å². The molecule has 1 amide bonds. The van der Waals surface area contributed by atoms with Crippen LogP contribution in [0.3, 0.4) is 0 Å². The summed E-state index contributed by atoms with van der Waals surface area (Å²) in [4.78, 5) is 31.5. The number of carbonyl (C=O) groups is 1. The Morgan fingerprint density at radius 3 is 2.36 bits per heavy atom. The molecular formula is C28H36F3N5O5S. The molecule has 0 bridgehead atoms. The number of hydrogen-bond donors (Lipinski definition) is 3. The Hall–Kier alpha value is -3.39. The van der Waals surface area contributed by atoms with Crippen molar-refractivity contribution in [3.8, 4) is 11.6 Å². The fraction of sp³-hybridized carbons (Fsp3) is 0.536. The molecule has 230 valence electrons. The summed E-state index contributed by atoms with van der Waals surface area (Å²) >= 11 is 0. The van der Waals surface area contributed by atoms with E-state index in [4.69, 9.17) is 0 Å². The van der Waals surface area contributed by atoms with Crippen LogP contribution < -0.4 is 11.0 Å². The van der Waals surface area contributed by atoms with Gasteiger partial charge in [-0.2, -0.15) is 17.5 Å². The largest absolute Gasteiger partial charge is 0.493 e. The number of sulfonamides is 1. The van der Waals surface area contributed by atoms with E-state index in [9.17, 15) is 36.3 Å². The summed E-state index contributed by atoms with van der Waals surface area (Å²) in [5.74, 6) is -0.189. The molecule has 0 radical (unpaired) electrons. The monoisotopic (exact) mass is 611 g/mol. The number of piperidine rings is 1. The predicted octanol–water partition coefficient (Wildman–Crippen LogP) is 4.69. The molecule has 14 heteroatoms. The van der Waals surface area contributed by atoms with E-state index in [1.54, 1.807) is 0 Å². The topological polar surface area (TPSA) is 137 Å². The Bertz CT molecular complexity index is 1500. The van der Waals surface area contributed by atoms with Crippen molar-refractivity contribution in [1.29, 1.82) is 0 Å². The lowest BCUT2D eigenvalue weighted by molar-refractivity contribution is -0.137. The maximum Gasteiger partial charge on any atom is 0.417 e. The Balaban J connectivity index is 1.40. The van der Waals surface area contributed by atoms with Gasteiger partial charge in [-0.1, -0.05) is 51.5 Å². The van der Waals surface area contributed by atoms with E-state index in [2.05, 4.69) is 22.2 Å². The minimum atomic E-state index is -4.87. The highest BCUT2D eigenvalue weighted by molar-refractivity contribution is 7.92. The summed E-state index contributed by atoms with van der Waals surface area (Å²) < 4.78 is 69.4. The highest BCUT2D eigenvalue weighted by Gasteiger charge is 2.47. The molecule has 0 atom stereocenters. The van der Waals surface area contributed by atoms with Crippen LogP contribution in [-0.4, -0.2) is 57.8 Å². The van der Waals surface area contributed by atoms with E-state index < -0.39 is 44.4 Å². The minimum Gasteiger partial charge on any atom is -0.493 e. The molecule has 1 aromatic carbocycles. The number of unbranched alkanes of at least 4 members (excludes halogenated alkanes) is 6. The van der Waals surface area contributed by atoms with Gasteiger partial charge in [0.15, 0.2) is 0 Å². The van der Waals surface area contributed by atoms with Crippen LogP contribution in [0.1, 0.15) is 82.3 Å². The number of aliphatic imine (C=N–C) groups is 1. The normalized spacial score (nSPS) is 17.7. The van der Waals surface area contributed by atoms with Gasteiger partial charge < -0.3 is 15.4 Å². The van der Waals surface area contributed by atoms with Crippen LogP contribution in [-0.2, 0) is 21.0 Å². The number of aromatic amines is 1. The van der Waals surface area contributed by atoms with Crippen LogP contribution in [0.2, 0.25) is 0 Å². The first kappa shape index (κ1) is 31.5. The van der Waals surface area contributed by atoms with Gasteiger partial charge in [-0.3, -0.25) is 9.79 Å². The number of amides is 1. The first-order chi connectivity index (χ1) is 19.9. The highest BCUT2D eigenvalue weighted by atomic mass is 32.2. The smallest absolute Gasteiger partial charge is 0.417 e. The number of amidine groups is 1. The first-order valence-electron chi connectivity index (χ1n) is 14.2. The summed E-state index contributed by atoms with van der Waals surface area (Å²) in [5, 5.41) is 13.4. The van der Waals surface area contributed by atoms with Crippen molar-refractivity contribution in [1.82, 2.24) is 19.2 Å². The second kappa shape index (κ2) is 12.9. The Morgan fingerprint density at radius 1 is 1.07 bits per heavy atom. The molecule has 42 heavy (non-hydrogen) atoms. The molecule has 2 aromatic rings. The highest BCUT2D eigenvalue weighted by Crippen LogP contribution is 2.35. The fourth-order valence-electron chi connectivity index (χ4n) is 5.33. The van der Waals surface area contributed by atoms with Crippen LogP contribution in [0.25, 0.3) is 11.8 Å². The van der Waals surface area contributed by atoms with E-state index >= 15 is 0 Å². The van der Waals surface area contributed by atoms with Gasteiger partial charge in [0.1, 0.15) is 11.4 Å². The van der Waals surface area contributed by atoms with Gasteiger partial charge in [0.2, 0.25) is 15.9 Å². The SMILES string of the molecule is CCCCCCCCCC1=NC2(CCN(S(=O)(=O)C=Cc3ccc(-n4c(O)c[nH]c4=O)cc3C(F)(F)F)CC2)C(=O)N1. The molecular weight excluding hydrogens is 575 g/mol. The lowest BCUT2D eigenvalue weighted by Gasteiger charge is -2.34. The van der Waals surface area contributed by atoms with Crippen LogP contribution in [0.15, 0.2) is 39.6 Å². The third-order valence-corrected chi connectivity index (χ3v) is 9.30. The van der Waals surface area contributed by atoms with Crippen LogP contribution in [0.4, 0.5) is 13.2 Å². The van der Waals surface area contributed by atoms with E-state index in [0.29, 0.717) is 28.3 Å². The van der Waals surface area contributed by atoms with Crippen molar-refractivity contribution in [2.45, 2.75) is 82.8 Å². The van der Waals surface area contributed by atoms with Crippen molar-refractivity contribution in [2.24, 2.45) is 4.99 Å². The van der Waals surface area contributed by atoms with Crippen LogP contribution >= 0.6 is 0 Å². The van der Waals surface area contributed by atoms with Gasteiger partial charge >= 0.3 is 11.9 Å². The van der Waals surface area contributed by atoms with Gasteiger partial charge in [-0.05, 0) is 43.0 Å². The van der Waals surface area contributed by atoms with E-state index in [1.807, 2.05) is 0 Å². The third kappa shape index (κ3) is 7.14.